The quantitative estimate of drug-likeness (QED) is 0.749. The number of rotatable bonds is 5. The van der Waals surface area contributed by atoms with Crippen LogP contribution in [0.3, 0.4) is 0 Å². The van der Waals surface area contributed by atoms with Crippen LogP contribution in [0.25, 0.3) is 0 Å². The van der Waals surface area contributed by atoms with E-state index in [-0.39, 0.29) is 11.7 Å². The van der Waals surface area contributed by atoms with E-state index in [1.165, 1.54) is 4.88 Å². The third kappa shape index (κ3) is 3.52. The molecule has 0 spiro atoms. The van der Waals surface area contributed by atoms with Gasteiger partial charge in [-0.25, -0.2) is 4.79 Å². The molecular weight excluding hydrogens is 346 g/mol. The number of halogens is 1. The second-order valence-corrected chi connectivity index (χ2v) is 7.30. The van der Waals surface area contributed by atoms with Crippen LogP contribution in [-0.4, -0.2) is 17.7 Å². The van der Waals surface area contributed by atoms with E-state index in [0.717, 1.165) is 36.2 Å². The first kappa shape index (κ1) is 17.1. The van der Waals surface area contributed by atoms with Gasteiger partial charge < -0.3 is 15.2 Å². The van der Waals surface area contributed by atoms with E-state index in [0.29, 0.717) is 29.3 Å². The number of carbonyl (C=O) groups excluding carboxylic acids is 1. The summed E-state index contributed by atoms with van der Waals surface area (Å²) >= 11 is 7.61. The molecule has 1 aromatic heterocycles. The molecule has 4 nitrogen and oxygen atoms in total. The molecule has 1 aromatic carbocycles. The summed E-state index contributed by atoms with van der Waals surface area (Å²) in [5.41, 5.74) is 2.49. The first-order valence-corrected chi connectivity index (χ1v) is 9.32. The van der Waals surface area contributed by atoms with Crippen LogP contribution in [0.15, 0.2) is 18.2 Å². The highest BCUT2D eigenvalue weighted by Gasteiger charge is 2.26. The van der Waals surface area contributed by atoms with Gasteiger partial charge in [-0.1, -0.05) is 11.6 Å². The van der Waals surface area contributed by atoms with Crippen molar-refractivity contribution < 1.29 is 14.6 Å². The number of aryl methyl sites for hydroxylation is 1. The van der Waals surface area contributed by atoms with Crippen molar-refractivity contribution in [1.29, 1.82) is 0 Å². The van der Waals surface area contributed by atoms with Crippen LogP contribution in [0.1, 0.15) is 46.1 Å². The molecule has 3 rings (SSSR count). The van der Waals surface area contributed by atoms with Gasteiger partial charge in [-0.05, 0) is 56.4 Å². The van der Waals surface area contributed by atoms with Crippen LogP contribution in [0.2, 0.25) is 5.02 Å². The number of thiophene rings is 1. The molecule has 2 aromatic rings. The van der Waals surface area contributed by atoms with Crippen molar-refractivity contribution in [3.05, 3.63) is 44.8 Å². The van der Waals surface area contributed by atoms with E-state index < -0.39 is 0 Å². The smallest absolute Gasteiger partial charge is 0.341 e. The fraction of sp³-hybridized carbons (Fsp3) is 0.389. The monoisotopic (exact) mass is 365 g/mol. The van der Waals surface area contributed by atoms with Crippen LogP contribution in [0, 0.1) is 0 Å². The van der Waals surface area contributed by atoms with E-state index >= 15 is 0 Å². The molecule has 1 aliphatic carbocycles. The number of anilines is 1. The normalized spacial score (nSPS) is 13.4. The average Bonchev–Trinajstić information content (AvgIpc) is 2.94. The summed E-state index contributed by atoms with van der Waals surface area (Å²) in [5, 5.41) is 14.6. The number of phenols is 1. The van der Waals surface area contributed by atoms with E-state index in [1.807, 2.05) is 6.92 Å². The number of ether oxygens (including phenoxy) is 1. The molecule has 0 amide bonds. The van der Waals surface area contributed by atoms with Crippen molar-refractivity contribution in [3.8, 4) is 5.75 Å². The number of hydrogen-bond acceptors (Lipinski definition) is 5. The molecule has 0 saturated heterocycles. The summed E-state index contributed by atoms with van der Waals surface area (Å²) in [5.74, 6) is -0.0828. The SMILES string of the molecule is CCOC(=O)c1c(NCc2cc(Cl)ccc2O)sc2c1CCCC2. The maximum atomic E-state index is 12.4. The summed E-state index contributed by atoms with van der Waals surface area (Å²) in [6.07, 6.45) is 4.19. The molecule has 0 atom stereocenters. The van der Waals surface area contributed by atoms with Crippen molar-refractivity contribution in [1.82, 2.24) is 0 Å². The molecule has 0 saturated carbocycles. The minimum Gasteiger partial charge on any atom is -0.508 e. The molecule has 1 heterocycles. The minimum absolute atomic E-state index is 0.186. The molecule has 128 valence electrons. The third-order valence-corrected chi connectivity index (χ3v) is 5.62. The molecule has 0 aliphatic heterocycles. The molecular formula is C18H20ClNO3S. The fourth-order valence-corrected chi connectivity index (χ4v) is 4.45. The molecule has 24 heavy (non-hydrogen) atoms. The van der Waals surface area contributed by atoms with Crippen LogP contribution < -0.4 is 5.32 Å². The Hall–Kier alpha value is -1.72. The fourth-order valence-electron chi connectivity index (χ4n) is 2.98. The van der Waals surface area contributed by atoms with Gasteiger partial charge in [0.15, 0.2) is 0 Å². The zero-order valence-corrected chi connectivity index (χ0v) is 15.1. The standard InChI is InChI=1S/C18H20ClNO3S/c1-2-23-18(22)16-13-5-3-4-6-15(13)24-17(16)20-10-11-9-12(19)7-8-14(11)21/h7-9,20-21H,2-6,10H2,1H3. The third-order valence-electron chi connectivity index (χ3n) is 4.13. The number of fused-ring (bicyclic) bond motifs is 1. The summed E-state index contributed by atoms with van der Waals surface area (Å²) in [6, 6.07) is 4.95. The molecule has 0 bridgehead atoms. The molecule has 1 aliphatic rings. The second kappa shape index (κ2) is 7.45. The Balaban J connectivity index is 1.88. The maximum absolute atomic E-state index is 12.4. The van der Waals surface area contributed by atoms with Crippen LogP contribution >= 0.6 is 22.9 Å². The number of benzene rings is 1. The van der Waals surface area contributed by atoms with Crippen LogP contribution in [0.5, 0.6) is 5.75 Å². The Morgan fingerprint density at radius 3 is 2.96 bits per heavy atom. The summed E-state index contributed by atoms with van der Waals surface area (Å²) in [6.45, 7) is 2.57. The number of hydrogen-bond donors (Lipinski definition) is 2. The lowest BCUT2D eigenvalue weighted by atomic mass is 9.95. The van der Waals surface area contributed by atoms with Gasteiger partial charge in [0.2, 0.25) is 0 Å². The zero-order chi connectivity index (χ0) is 17.1. The van der Waals surface area contributed by atoms with Crippen LogP contribution in [0.4, 0.5) is 5.00 Å². The molecule has 2 N–H and O–H groups in total. The van der Waals surface area contributed by atoms with Crippen LogP contribution in [-0.2, 0) is 24.1 Å². The number of carbonyl (C=O) groups is 1. The zero-order valence-electron chi connectivity index (χ0n) is 13.5. The molecule has 0 unspecified atom stereocenters. The highest BCUT2D eigenvalue weighted by molar-refractivity contribution is 7.16. The van der Waals surface area contributed by atoms with Gasteiger partial charge in [-0.2, -0.15) is 0 Å². The number of esters is 1. The van der Waals surface area contributed by atoms with Gasteiger partial charge in [0.25, 0.3) is 0 Å². The van der Waals surface area contributed by atoms with Gasteiger partial charge in [-0.15, -0.1) is 11.3 Å². The lowest BCUT2D eigenvalue weighted by molar-refractivity contribution is 0.0526. The van der Waals surface area contributed by atoms with E-state index in [1.54, 1.807) is 29.5 Å². The van der Waals surface area contributed by atoms with E-state index in [4.69, 9.17) is 16.3 Å². The lowest BCUT2D eigenvalue weighted by Gasteiger charge is -2.12. The molecule has 6 heteroatoms. The Morgan fingerprint density at radius 1 is 1.38 bits per heavy atom. The van der Waals surface area contributed by atoms with E-state index in [2.05, 4.69) is 5.32 Å². The van der Waals surface area contributed by atoms with Crippen molar-refractivity contribution in [3.63, 3.8) is 0 Å². The highest BCUT2D eigenvalue weighted by atomic mass is 35.5. The van der Waals surface area contributed by atoms with Gasteiger partial charge in [0.1, 0.15) is 10.8 Å². The number of phenolic OH excluding ortho intramolecular Hbond substituents is 1. The largest absolute Gasteiger partial charge is 0.508 e. The Bertz CT molecular complexity index is 757. The molecule has 0 radical (unpaired) electrons. The highest BCUT2D eigenvalue weighted by Crippen LogP contribution is 2.39. The van der Waals surface area contributed by atoms with Gasteiger partial charge in [-0.3, -0.25) is 0 Å². The van der Waals surface area contributed by atoms with Gasteiger partial charge in [0.05, 0.1) is 12.2 Å². The Kier molecular flexibility index (Phi) is 5.31. The topological polar surface area (TPSA) is 58.6 Å². The van der Waals surface area contributed by atoms with Gasteiger partial charge in [0, 0.05) is 22.0 Å². The Labute approximate surface area is 150 Å². The van der Waals surface area contributed by atoms with Crippen molar-refractivity contribution in [2.24, 2.45) is 0 Å². The molecule has 0 fully saturated rings. The minimum atomic E-state index is -0.269. The van der Waals surface area contributed by atoms with Gasteiger partial charge >= 0.3 is 5.97 Å². The number of aromatic hydroxyl groups is 1. The summed E-state index contributed by atoms with van der Waals surface area (Å²) < 4.78 is 5.25. The second-order valence-electron chi connectivity index (χ2n) is 5.76. The lowest BCUT2D eigenvalue weighted by Crippen LogP contribution is -2.11. The first-order chi connectivity index (χ1) is 11.6. The predicted molar refractivity (Wildman–Crippen MR) is 97.4 cm³/mol. The van der Waals surface area contributed by atoms with Crippen molar-refractivity contribution in [2.75, 3.05) is 11.9 Å². The summed E-state index contributed by atoms with van der Waals surface area (Å²) in [4.78, 5) is 13.7. The maximum Gasteiger partial charge on any atom is 0.341 e. The van der Waals surface area contributed by atoms with E-state index in [9.17, 15) is 9.90 Å². The van der Waals surface area contributed by atoms with Crippen molar-refractivity contribution in [2.45, 2.75) is 39.2 Å². The predicted octanol–water partition coefficient (Wildman–Crippen LogP) is 4.77. The Morgan fingerprint density at radius 2 is 2.17 bits per heavy atom. The first-order valence-electron chi connectivity index (χ1n) is 8.13. The number of nitrogens with one attached hydrogen (secondary N) is 1. The average molecular weight is 366 g/mol. The summed E-state index contributed by atoms with van der Waals surface area (Å²) in [7, 11) is 0. The van der Waals surface area contributed by atoms with Crippen molar-refractivity contribution >= 4 is 33.9 Å².